The van der Waals surface area contributed by atoms with Crippen LogP contribution in [0.3, 0.4) is 0 Å². The molecule has 1 amide bonds. The van der Waals surface area contributed by atoms with Crippen molar-refractivity contribution in [2.45, 2.75) is 30.4 Å². The van der Waals surface area contributed by atoms with Crippen LogP contribution in [0.2, 0.25) is 0 Å². The molecule has 4 rings (SSSR count). The van der Waals surface area contributed by atoms with Crippen molar-refractivity contribution < 1.29 is 17.6 Å². The van der Waals surface area contributed by atoms with E-state index >= 15 is 0 Å². The van der Waals surface area contributed by atoms with Gasteiger partial charge in [0, 0.05) is 13.1 Å². The molecule has 10 heteroatoms. The Morgan fingerprint density at radius 1 is 1.27 bits per heavy atom. The molecule has 0 bridgehead atoms. The summed E-state index contributed by atoms with van der Waals surface area (Å²) in [6, 6.07) is 11.3. The fourth-order valence-electron chi connectivity index (χ4n) is 3.38. The average Bonchev–Trinajstić information content (AvgIpc) is 3.43. The van der Waals surface area contributed by atoms with Crippen molar-refractivity contribution in [1.82, 2.24) is 14.5 Å². The largest absolute Gasteiger partial charge is 0.407 e. The molecule has 0 aliphatic carbocycles. The van der Waals surface area contributed by atoms with E-state index in [4.69, 9.17) is 4.42 Å². The number of benzene rings is 1. The number of aromatic nitrogens is 2. The Morgan fingerprint density at radius 2 is 2.07 bits per heavy atom. The van der Waals surface area contributed by atoms with Crippen molar-refractivity contribution in [3.05, 3.63) is 58.8 Å². The van der Waals surface area contributed by atoms with Gasteiger partial charge in [-0.25, -0.2) is 8.42 Å². The maximum Gasteiger partial charge on any atom is 0.322 e. The molecule has 1 atom stereocenters. The Kier molecular flexibility index (Phi) is 5.98. The van der Waals surface area contributed by atoms with Crippen molar-refractivity contribution in [3.8, 4) is 0 Å². The summed E-state index contributed by atoms with van der Waals surface area (Å²) >= 11 is 1.18. The standard InChI is InChI=1S/C20H22N4O4S2/c1-14-6-8-15(9-7-14)12-17-22-23-20(28-17)21-19(25)16-4-2-10-24(13-16)30(26,27)18-5-3-11-29-18/h3,5-9,11,16H,2,4,10,12-13H2,1H3,(H,21,23,25)/t16-/m0/s1. The van der Waals surface area contributed by atoms with E-state index in [2.05, 4.69) is 15.5 Å². The third kappa shape index (κ3) is 4.61. The topological polar surface area (TPSA) is 105 Å². The van der Waals surface area contributed by atoms with E-state index in [-0.39, 0.29) is 18.5 Å². The number of rotatable bonds is 6. The van der Waals surface area contributed by atoms with Crippen molar-refractivity contribution in [1.29, 1.82) is 0 Å². The highest BCUT2D eigenvalue weighted by molar-refractivity contribution is 7.91. The van der Waals surface area contributed by atoms with E-state index < -0.39 is 15.9 Å². The minimum absolute atomic E-state index is 0.0281. The molecule has 1 aliphatic heterocycles. The normalized spacial score (nSPS) is 17.7. The highest BCUT2D eigenvalue weighted by Crippen LogP contribution is 2.27. The molecule has 0 unspecified atom stereocenters. The quantitative estimate of drug-likeness (QED) is 0.624. The predicted octanol–water partition coefficient (Wildman–Crippen LogP) is 3.07. The van der Waals surface area contributed by atoms with Crippen molar-refractivity contribution >= 4 is 33.3 Å². The van der Waals surface area contributed by atoms with Gasteiger partial charge >= 0.3 is 6.01 Å². The van der Waals surface area contributed by atoms with Gasteiger partial charge in [0.25, 0.3) is 10.0 Å². The van der Waals surface area contributed by atoms with Crippen molar-refractivity contribution in [2.75, 3.05) is 18.4 Å². The first kappa shape index (κ1) is 20.7. The van der Waals surface area contributed by atoms with Crippen LogP contribution >= 0.6 is 11.3 Å². The molecular formula is C20H22N4O4S2. The molecule has 2 aromatic heterocycles. The van der Waals surface area contributed by atoms with Crippen LogP contribution in [0.4, 0.5) is 6.01 Å². The number of piperidine rings is 1. The van der Waals surface area contributed by atoms with Crippen LogP contribution in [0.15, 0.2) is 50.4 Å². The fraction of sp³-hybridized carbons (Fsp3) is 0.350. The van der Waals surface area contributed by atoms with Gasteiger partial charge in [0.2, 0.25) is 11.8 Å². The summed E-state index contributed by atoms with van der Waals surface area (Å²) in [6.07, 6.45) is 1.69. The Balaban J connectivity index is 1.38. The number of amides is 1. The number of aryl methyl sites for hydroxylation is 1. The Hall–Kier alpha value is -2.56. The van der Waals surface area contributed by atoms with Crippen LogP contribution in [0, 0.1) is 12.8 Å². The summed E-state index contributed by atoms with van der Waals surface area (Å²) in [6.45, 7) is 2.56. The molecule has 1 saturated heterocycles. The lowest BCUT2D eigenvalue weighted by Gasteiger charge is -2.30. The van der Waals surface area contributed by atoms with E-state index in [1.54, 1.807) is 17.5 Å². The van der Waals surface area contributed by atoms with Crippen LogP contribution in [-0.4, -0.2) is 41.9 Å². The Bertz CT molecular complexity index is 1110. The lowest BCUT2D eigenvalue weighted by molar-refractivity contribution is -0.121. The van der Waals surface area contributed by atoms with Gasteiger partial charge in [-0.2, -0.15) is 4.31 Å². The Labute approximate surface area is 179 Å². The van der Waals surface area contributed by atoms with Crippen LogP contribution in [-0.2, 0) is 21.2 Å². The van der Waals surface area contributed by atoms with Crippen LogP contribution in [0.1, 0.15) is 29.9 Å². The van der Waals surface area contributed by atoms with Crippen LogP contribution in [0.5, 0.6) is 0 Å². The number of anilines is 1. The second-order valence-corrected chi connectivity index (χ2v) is 10.4. The first-order valence-electron chi connectivity index (χ1n) is 9.64. The summed E-state index contributed by atoms with van der Waals surface area (Å²) in [5.74, 6) is -0.382. The van der Waals surface area contributed by atoms with Gasteiger partial charge < -0.3 is 4.42 Å². The zero-order chi connectivity index (χ0) is 21.1. The van der Waals surface area contributed by atoms with Gasteiger partial charge in [-0.1, -0.05) is 41.0 Å². The van der Waals surface area contributed by atoms with E-state index in [0.717, 1.165) is 5.56 Å². The number of nitrogens with zero attached hydrogens (tertiary/aromatic N) is 3. The van der Waals surface area contributed by atoms with E-state index in [9.17, 15) is 13.2 Å². The number of thiophene rings is 1. The summed E-state index contributed by atoms with van der Waals surface area (Å²) in [5, 5.41) is 12.2. The number of sulfonamides is 1. The zero-order valence-electron chi connectivity index (χ0n) is 16.4. The fourth-order valence-corrected chi connectivity index (χ4v) is 6.04. The molecule has 0 saturated carbocycles. The first-order valence-corrected chi connectivity index (χ1v) is 12.0. The number of nitrogens with one attached hydrogen (secondary N) is 1. The molecule has 1 aliphatic rings. The zero-order valence-corrected chi connectivity index (χ0v) is 18.1. The molecule has 1 fully saturated rings. The summed E-state index contributed by atoms with van der Waals surface area (Å²) in [7, 11) is -3.57. The number of carbonyl (C=O) groups is 1. The van der Waals surface area contributed by atoms with Gasteiger partial charge in [-0.15, -0.1) is 16.4 Å². The lowest BCUT2D eigenvalue weighted by atomic mass is 9.99. The summed E-state index contributed by atoms with van der Waals surface area (Å²) < 4.78 is 32.7. The SMILES string of the molecule is Cc1ccc(Cc2nnc(NC(=O)[C@H]3CCCN(S(=O)(=O)c4cccs4)C3)o2)cc1. The molecular weight excluding hydrogens is 424 g/mol. The average molecular weight is 447 g/mol. The third-order valence-corrected chi connectivity index (χ3v) is 8.26. The highest BCUT2D eigenvalue weighted by Gasteiger charge is 2.34. The molecule has 3 aromatic rings. The first-order chi connectivity index (χ1) is 14.4. The minimum atomic E-state index is -3.57. The van der Waals surface area contributed by atoms with E-state index in [1.807, 2.05) is 31.2 Å². The number of hydrogen-bond acceptors (Lipinski definition) is 7. The maximum atomic E-state index is 12.7. The highest BCUT2D eigenvalue weighted by atomic mass is 32.2. The summed E-state index contributed by atoms with van der Waals surface area (Å²) in [4.78, 5) is 12.7. The molecule has 3 heterocycles. The van der Waals surface area contributed by atoms with Gasteiger partial charge in [0.1, 0.15) is 4.21 Å². The number of carbonyl (C=O) groups excluding carboxylic acids is 1. The molecule has 0 radical (unpaired) electrons. The monoisotopic (exact) mass is 446 g/mol. The van der Waals surface area contributed by atoms with E-state index in [1.165, 1.54) is 21.2 Å². The van der Waals surface area contributed by atoms with Gasteiger partial charge in [0.15, 0.2) is 0 Å². The minimum Gasteiger partial charge on any atom is -0.407 e. The molecule has 30 heavy (non-hydrogen) atoms. The lowest BCUT2D eigenvalue weighted by Crippen LogP contribution is -2.43. The predicted molar refractivity (Wildman–Crippen MR) is 113 cm³/mol. The molecule has 8 nitrogen and oxygen atoms in total. The van der Waals surface area contributed by atoms with Crippen LogP contribution in [0.25, 0.3) is 0 Å². The second-order valence-electron chi connectivity index (χ2n) is 7.29. The third-order valence-electron chi connectivity index (χ3n) is 5.02. The smallest absolute Gasteiger partial charge is 0.322 e. The molecule has 1 N–H and O–H groups in total. The van der Waals surface area contributed by atoms with E-state index in [0.29, 0.717) is 35.9 Å². The van der Waals surface area contributed by atoms with Crippen molar-refractivity contribution in [3.63, 3.8) is 0 Å². The van der Waals surface area contributed by atoms with Gasteiger partial charge in [0.05, 0.1) is 12.3 Å². The molecule has 158 valence electrons. The van der Waals surface area contributed by atoms with Gasteiger partial charge in [-0.3, -0.25) is 10.1 Å². The van der Waals surface area contributed by atoms with Crippen molar-refractivity contribution in [2.24, 2.45) is 5.92 Å². The van der Waals surface area contributed by atoms with Crippen LogP contribution < -0.4 is 5.32 Å². The number of hydrogen-bond donors (Lipinski definition) is 1. The maximum absolute atomic E-state index is 12.7. The van der Waals surface area contributed by atoms with Gasteiger partial charge in [-0.05, 0) is 36.8 Å². The Morgan fingerprint density at radius 3 is 2.80 bits per heavy atom. The molecule has 1 aromatic carbocycles. The summed E-state index contributed by atoms with van der Waals surface area (Å²) in [5.41, 5.74) is 2.20. The second kappa shape index (κ2) is 8.66. The molecule has 0 spiro atoms.